The van der Waals surface area contributed by atoms with Gasteiger partial charge in [0.05, 0.1) is 10.1 Å². The van der Waals surface area contributed by atoms with Crippen LogP contribution in [0.15, 0.2) is 22.2 Å². The zero-order valence-electron chi connectivity index (χ0n) is 12.6. The molecule has 0 saturated carbocycles. The number of alkyl halides is 4. The van der Waals surface area contributed by atoms with E-state index in [4.69, 9.17) is 79.1 Å². The molecule has 0 fully saturated rings. The van der Waals surface area contributed by atoms with E-state index in [2.05, 4.69) is 0 Å². The van der Waals surface area contributed by atoms with Crippen LogP contribution in [0.25, 0.3) is 0 Å². The Morgan fingerprint density at radius 2 is 1.12 bits per heavy atom. The van der Waals surface area contributed by atoms with Gasteiger partial charge < -0.3 is 9.47 Å². The zero-order valence-corrected chi connectivity index (χ0v) is 17.1. The first-order valence-corrected chi connectivity index (χ1v) is 9.04. The van der Waals surface area contributed by atoms with Gasteiger partial charge in [-0.3, -0.25) is 9.59 Å². The zero-order chi connectivity index (χ0) is 18.9. The average molecular weight is 465 g/mol. The number of carbonyl (C=O) groups is 2. The predicted molar refractivity (Wildman–Crippen MR) is 97.3 cm³/mol. The maximum absolute atomic E-state index is 11.5. The first kappa shape index (κ1) is 19.4. The summed E-state index contributed by atoms with van der Waals surface area (Å²) in [6.45, 7) is 2.41. The molecule has 0 amide bonds. The van der Waals surface area contributed by atoms with Crippen LogP contribution in [0.1, 0.15) is 25.0 Å². The molecule has 0 aliphatic heterocycles. The quantitative estimate of drug-likeness (QED) is 0.339. The molecule has 0 saturated heterocycles. The molecule has 2 aliphatic rings. The van der Waals surface area contributed by atoms with E-state index in [9.17, 15) is 9.59 Å². The minimum atomic E-state index is -1.94. The van der Waals surface area contributed by atoms with Crippen LogP contribution in [0.2, 0.25) is 0 Å². The molecule has 2 atom stereocenters. The van der Waals surface area contributed by atoms with E-state index in [0.717, 1.165) is 0 Å². The highest BCUT2D eigenvalue weighted by Gasteiger charge is 2.79. The van der Waals surface area contributed by atoms with Crippen molar-refractivity contribution in [2.24, 2.45) is 0 Å². The summed E-state index contributed by atoms with van der Waals surface area (Å²) in [5.41, 5.74) is 0.245. The van der Waals surface area contributed by atoms with E-state index >= 15 is 0 Å². The van der Waals surface area contributed by atoms with E-state index in [1.165, 1.54) is 26.0 Å². The summed E-state index contributed by atoms with van der Waals surface area (Å²) in [5.74, 6) is -1.17. The maximum atomic E-state index is 11.5. The molecule has 10 heteroatoms. The third-order valence-corrected chi connectivity index (χ3v) is 8.07. The Kier molecular flexibility index (Phi) is 4.51. The van der Waals surface area contributed by atoms with E-state index in [1.54, 1.807) is 0 Å². The van der Waals surface area contributed by atoms with Gasteiger partial charge in [0.1, 0.15) is 21.2 Å². The van der Waals surface area contributed by atoms with Crippen molar-refractivity contribution in [3.63, 3.8) is 0 Å². The van der Waals surface area contributed by atoms with Crippen molar-refractivity contribution < 1.29 is 19.1 Å². The molecule has 0 radical (unpaired) electrons. The number of hydrogen-bond acceptors (Lipinski definition) is 4. The van der Waals surface area contributed by atoms with Gasteiger partial charge in [-0.2, -0.15) is 0 Å². The Morgan fingerprint density at radius 1 is 0.800 bits per heavy atom. The first-order valence-electron chi connectivity index (χ1n) is 6.77. The minimum Gasteiger partial charge on any atom is -0.426 e. The van der Waals surface area contributed by atoms with Crippen molar-refractivity contribution >= 4 is 81.5 Å². The molecular formula is C15H8Cl6O4. The van der Waals surface area contributed by atoms with Crippen molar-refractivity contribution in [1.82, 2.24) is 0 Å². The second-order valence-electron chi connectivity index (χ2n) is 5.52. The summed E-state index contributed by atoms with van der Waals surface area (Å²) in [6, 6.07) is 2.76. The van der Waals surface area contributed by atoms with Crippen LogP contribution < -0.4 is 9.47 Å². The van der Waals surface area contributed by atoms with Gasteiger partial charge in [-0.05, 0) is 12.1 Å². The summed E-state index contributed by atoms with van der Waals surface area (Å²) >= 11 is 39.0. The fourth-order valence-electron chi connectivity index (χ4n) is 3.08. The third kappa shape index (κ3) is 2.22. The van der Waals surface area contributed by atoms with Crippen molar-refractivity contribution in [1.29, 1.82) is 0 Å². The highest BCUT2D eigenvalue weighted by molar-refractivity contribution is 6.65. The number of halogens is 6. The summed E-state index contributed by atoms with van der Waals surface area (Å²) in [7, 11) is 0. The first-order chi connectivity index (χ1) is 11.4. The molecule has 1 aromatic carbocycles. The number of carbonyl (C=O) groups excluding carboxylic acids is 2. The standard InChI is InChI=1S/C15H8Cl6O4/c1-5(22)24-7-3-4-8(25-6(2)23)10-9(7)13(18)11(16)12(17)14(10,19)15(13,20)21/h3-4H,1-2H3/t13-,14-/m1/s1. The topological polar surface area (TPSA) is 52.6 Å². The van der Waals surface area contributed by atoms with Crippen molar-refractivity contribution in [2.75, 3.05) is 0 Å². The van der Waals surface area contributed by atoms with E-state index in [-0.39, 0.29) is 32.7 Å². The van der Waals surface area contributed by atoms with Gasteiger partial charge in [0.15, 0.2) is 4.33 Å². The van der Waals surface area contributed by atoms with E-state index in [0.29, 0.717) is 0 Å². The highest BCUT2D eigenvalue weighted by atomic mass is 35.5. The average Bonchev–Trinajstić information content (AvgIpc) is 2.70. The van der Waals surface area contributed by atoms with Gasteiger partial charge in [0.2, 0.25) is 0 Å². The molecule has 1 aromatic rings. The minimum absolute atomic E-state index is 0.0314. The van der Waals surface area contributed by atoms with Gasteiger partial charge in [0, 0.05) is 25.0 Å². The Morgan fingerprint density at radius 3 is 1.40 bits per heavy atom. The van der Waals surface area contributed by atoms with Gasteiger partial charge in [0.25, 0.3) is 0 Å². The lowest BCUT2D eigenvalue weighted by Gasteiger charge is -2.31. The van der Waals surface area contributed by atoms with Crippen LogP contribution in [0.4, 0.5) is 0 Å². The number of allylic oxidation sites excluding steroid dienone is 2. The molecule has 4 nitrogen and oxygen atoms in total. The summed E-state index contributed by atoms with van der Waals surface area (Å²) in [6.07, 6.45) is 0. The van der Waals surface area contributed by atoms with Crippen molar-refractivity contribution in [3.05, 3.63) is 33.3 Å². The molecule has 0 aromatic heterocycles. The SMILES string of the molecule is CC(=O)Oc1ccc(OC(C)=O)c2c1[C@@]1(Cl)C(Cl)=C(Cl)[C@@]2(Cl)C1(Cl)Cl. The Balaban J connectivity index is 2.42. The normalized spacial score (nSPS) is 28.8. The highest BCUT2D eigenvalue weighted by Crippen LogP contribution is 2.79. The van der Waals surface area contributed by atoms with Gasteiger partial charge in [-0.1, -0.05) is 46.4 Å². The van der Waals surface area contributed by atoms with Gasteiger partial charge in [-0.25, -0.2) is 0 Å². The fourth-order valence-corrected chi connectivity index (χ4v) is 5.78. The number of benzene rings is 1. The van der Waals surface area contributed by atoms with Crippen LogP contribution in [-0.4, -0.2) is 16.3 Å². The number of fused-ring (bicyclic) bond motifs is 5. The predicted octanol–water partition coefficient (Wildman–Crippen LogP) is 5.30. The van der Waals surface area contributed by atoms with Gasteiger partial charge in [-0.15, -0.1) is 23.2 Å². The molecular weight excluding hydrogens is 457 g/mol. The lowest BCUT2D eigenvalue weighted by atomic mass is 9.93. The van der Waals surface area contributed by atoms with Gasteiger partial charge >= 0.3 is 11.9 Å². The summed E-state index contributed by atoms with van der Waals surface area (Å²) in [4.78, 5) is 19.3. The number of hydrogen-bond donors (Lipinski definition) is 0. The van der Waals surface area contributed by atoms with Crippen LogP contribution in [0, 0.1) is 0 Å². The van der Waals surface area contributed by atoms with Crippen LogP contribution in [0.3, 0.4) is 0 Å². The molecule has 2 aliphatic carbocycles. The Hall–Kier alpha value is -0.360. The molecule has 0 spiro atoms. The molecule has 2 bridgehead atoms. The maximum Gasteiger partial charge on any atom is 0.308 e. The van der Waals surface area contributed by atoms with Crippen LogP contribution in [-0.2, 0) is 19.3 Å². The molecule has 134 valence electrons. The monoisotopic (exact) mass is 462 g/mol. The van der Waals surface area contributed by atoms with Crippen molar-refractivity contribution in [2.45, 2.75) is 27.9 Å². The lowest BCUT2D eigenvalue weighted by Crippen LogP contribution is -2.39. The second kappa shape index (κ2) is 5.82. The molecule has 25 heavy (non-hydrogen) atoms. The van der Waals surface area contributed by atoms with Crippen molar-refractivity contribution in [3.8, 4) is 11.5 Å². The molecule has 0 unspecified atom stereocenters. The molecule has 3 rings (SSSR count). The third-order valence-electron chi connectivity index (χ3n) is 3.99. The van der Waals surface area contributed by atoms with Crippen LogP contribution in [0.5, 0.6) is 11.5 Å². The number of esters is 2. The largest absolute Gasteiger partial charge is 0.426 e. The smallest absolute Gasteiger partial charge is 0.308 e. The summed E-state index contributed by atoms with van der Waals surface area (Å²) < 4.78 is 8.45. The lowest BCUT2D eigenvalue weighted by molar-refractivity contribution is -0.133. The summed E-state index contributed by atoms with van der Waals surface area (Å²) in [5, 5.41) is -0.201. The molecule has 0 heterocycles. The van der Waals surface area contributed by atoms with E-state index in [1.807, 2.05) is 0 Å². The fraction of sp³-hybridized carbons (Fsp3) is 0.333. The van der Waals surface area contributed by atoms with E-state index < -0.39 is 26.0 Å². The Bertz CT molecular complexity index is 797. The second-order valence-corrected chi connectivity index (χ2v) is 8.74. The number of rotatable bonds is 2. The number of ether oxygens (including phenoxy) is 2. The Labute approximate surface area is 172 Å². The van der Waals surface area contributed by atoms with Crippen LogP contribution >= 0.6 is 69.6 Å². The molecule has 0 N–H and O–H groups in total.